The minimum absolute atomic E-state index is 0.0408. The van der Waals surface area contributed by atoms with Gasteiger partial charge >= 0.3 is 0 Å². The van der Waals surface area contributed by atoms with E-state index in [0.29, 0.717) is 0 Å². The largest absolute Gasteiger partial charge is 0.334 e. The lowest BCUT2D eigenvalue weighted by Gasteiger charge is -2.42. The second-order valence-corrected chi connectivity index (χ2v) is 6.56. The van der Waals surface area contributed by atoms with Gasteiger partial charge in [0, 0.05) is 11.0 Å². The molecule has 110 valence electrons. The summed E-state index contributed by atoms with van der Waals surface area (Å²) in [7, 11) is 0. The average molecular weight is 339 g/mol. The number of nitrogens with two attached hydrogens (primary N) is 1. The van der Waals surface area contributed by atoms with E-state index in [1.165, 1.54) is 0 Å². The standard InChI is InChI=1S/C16H23BrN2O/c1-3-11-19(15(20)16(18)9-6-10-16)12(2)13-7-4-5-8-14(13)17/h4-5,7-8,12H,3,6,9-11,18H2,1-2H3. The van der Waals surface area contributed by atoms with Crippen LogP contribution in [0.4, 0.5) is 0 Å². The van der Waals surface area contributed by atoms with Crippen LogP contribution in [0.1, 0.15) is 51.1 Å². The van der Waals surface area contributed by atoms with Gasteiger partial charge in [-0.15, -0.1) is 0 Å². The monoisotopic (exact) mass is 338 g/mol. The molecule has 3 nitrogen and oxygen atoms in total. The maximum Gasteiger partial charge on any atom is 0.243 e. The van der Waals surface area contributed by atoms with E-state index in [9.17, 15) is 4.79 Å². The first-order valence-electron chi connectivity index (χ1n) is 7.34. The van der Waals surface area contributed by atoms with Gasteiger partial charge < -0.3 is 10.6 Å². The quantitative estimate of drug-likeness (QED) is 0.890. The maximum atomic E-state index is 12.7. The van der Waals surface area contributed by atoms with Crippen molar-refractivity contribution >= 4 is 21.8 Å². The first-order chi connectivity index (χ1) is 9.49. The molecule has 1 aliphatic carbocycles. The Labute approximate surface area is 129 Å². The Hall–Kier alpha value is -0.870. The van der Waals surface area contributed by atoms with E-state index in [-0.39, 0.29) is 11.9 Å². The van der Waals surface area contributed by atoms with Crippen LogP contribution in [0.5, 0.6) is 0 Å². The molecule has 1 aromatic carbocycles. The molecule has 2 rings (SSSR count). The van der Waals surface area contributed by atoms with Crippen LogP contribution in [0.25, 0.3) is 0 Å². The molecule has 1 saturated carbocycles. The molecule has 2 N–H and O–H groups in total. The Balaban J connectivity index is 2.24. The summed E-state index contributed by atoms with van der Waals surface area (Å²) >= 11 is 3.58. The first kappa shape index (κ1) is 15.5. The molecule has 20 heavy (non-hydrogen) atoms. The van der Waals surface area contributed by atoms with Gasteiger partial charge in [-0.3, -0.25) is 4.79 Å². The lowest BCUT2D eigenvalue weighted by atomic mass is 9.76. The summed E-state index contributed by atoms with van der Waals surface area (Å²) in [5.74, 6) is 0.105. The van der Waals surface area contributed by atoms with Gasteiger partial charge in [-0.1, -0.05) is 41.1 Å². The highest BCUT2D eigenvalue weighted by Gasteiger charge is 2.43. The molecule has 0 aliphatic heterocycles. The van der Waals surface area contributed by atoms with Gasteiger partial charge in [-0.05, 0) is 44.2 Å². The van der Waals surface area contributed by atoms with Crippen LogP contribution in [-0.2, 0) is 4.79 Å². The molecule has 1 aromatic rings. The Kier molecular flexibility index (Phi) is 4.86. The minimum Gasteiger partial charge on any atom is -0.334 e. The molecule has 0 bridgehead atoms. The van der Waals surface area contributed by atoms with Gasteiger partial charge in [0.15, 0.2) is 0 Å². The van der Waals surface area contributed by atoms with Crippen LogP contribution in [0.15, 0.2) is 28.7 Å². The number of nitrogens with zero attached hydrogens (tertiary/aromatic N) is 1. The summed E-state index contributed by atoms with van der Waals surface area (Å²) in [5.41, 5.74) is 6.74. The fourth-order valence-electron chi connectivity index (χ4n) is 2.75. The number of amides is 1. The highest BCUT2D eigenvalue weighted by molar-refractivity contribution is 9.10. The van der Waals surface area contributed by atoms with Crippen molar-refractivity contribution in [1.29, 1.82) is 0 Å². The van der Waals surface area contributed by atoms with Gasteiger partial charge in [0.25, 0.3) is 0 Å². The summed E-state index contributed by atoms with van der Waals surface area (Å²) < 4.78 is 1.04. The van der Waals surface area contributed by atoms with Crippen molar-refractivity contribution in [3.63, 3.8) is 0 Å². The normalized spacial score (nSPS) is 18.2. The predicted octanol–water partition coefficient (Wildman–Crippen LogP) is 3.63. The zero-order chi connectivity index (χ0) is 14.8. The topological polar surface area (TPSA) is 46.3 Å². The molecule has 1 atom stereocenters. The van der Waals surface area contributed by atoms with Gasteiger partial charge in [-0.25, -0.2) is 0 Å². The van der Waals surface area contributed by atoms with Gasteiger partial charge in [0.2, 0.25) is 5.91 Å². The zero-order valence-corrected chi connectivity index (χ0v) is 13.8. The van der Waals surface area contributed by atoms with Crippen LogP contribution in [0, 0.1) is 0 Å². The Bertz CT molecular complexity index is 485. The van der Waals surface area contributed by atoms with E-state index in [1.807, 2.05) is 23.1 Å². The molecular weight excluding hydrogens is 316 g/mol. The second-order valence-electron chi connectivity index (χ2n) is 5.71. The average Bonchev–Trinajstić information content (AvgIpc) is 2.41. The van der Waals surface area contributed by atoms with E-state index >= 15 is 0 Å². The van der Waals surface area contributed by atoms with E-state index in [0.717, 1.165) is 42.3 Å². The second kappa shape index (κ2) is 6.27. The van der Waals surface area contributed by atoms with Crippen LogP contribution in [0.3, 0.4) is 0 Å². The Morgan fingerprint density at radius 3 is 2.60 bits per heavy atom. The molecular formula is C16H23BrN2O. The van der Waals surface area contributed by atoms with Crippen molar-refractivity contribution in [1.82, 2.24) is 4.90 Å². The Morgan fingerprint density at radius 2 is 2.10 bits per heavy atom. The van der Waals surface area contributed by atoms with Crippen molar-refractivity contribution < 1.29 is 4.79 Å². The molecule has 0 heterocycles. The molecule has 0 spiro atoms. The molecule has 1 unspecified atom stereocenters. The summed E-state index contributed by atoms with van der Waals surface area (Å²) in [6.45, 7) is 4.92. The lowest BCUT2D eigenvalue weighted by Crippen LogP contribution is -2.60. The number of carbonyl (C=O) groups excluding carboxylic acids is 1. The number of hydrogen-bond acceptors (Lipinski definition) is 2. The summed E-state index contributed by atoms with van der Waals surface area (Å²) in [6.07, 6.45) is 3.63. The van der Waals surface area contributed by atoms with E-state index in [1.54, 1.807) is 0 Å². The first-order valence-corrected chi connectivity index (χ1v) is 8.13. The van der Waals surface area contributed by atoms with Crippen molar-refractivity contribution in [2.24, 2.45) is 5.73 Å². The minimum atomic E-state index is -0.620. The highest BCUT2D eigenvalue weighted by atomic mass is 79.9. The van der Waals surface area contributed by atoms with Crippen molar-refractivity contribution in [3.05, 3.63) is 34.3 Å². The third-order valence-electron chi connectivity index (χ3n) is 4.22. The third-order valence-corrected chi connectivity index (χ3v) is 4.94. The third kappa shape index (κ3) is 2.91. The molecule has 4 heteroatoms. The number of carbonyl (C=O) groups is 1. The molecule has 0 aromatic heterocycles. The van der Waals surface area contributed by atoms with Crippen LogP contribution < -0.4 is 5.73 Å². The maximum absolute atomic E-state index is 12.7. The van der Waals surface area contributed by atoms with Gasteiger partial charge in [-0.2, -0.15) is 0 Å². The number of rotatable bonds is 5. The lowest BCUT2D eigenvalue weighted by molar-refractivity contribution is -0.142. The van der Waals surface area contributed by atoms with Crippen LogP contribution in [-0.4, -0.2) is 22.9 Å². The molecule has 1 aliphatic rings. The number of hydrogen-bond donors (Lipinski definition) is 1. The van der Waals surface area contributed by atoms with Gasteiger partial charge in [0.1, 0.15) is 0 Å². The van der Waals surface area contributed by atoms with Crippen LogP contribution in [0.2, 0.25) is 0 Å². The fourth-order valence-corrected chi connectivity index (χ4v) is 3.37. The smallest absolute Gasteiger partial charge is 0.243 e. The van der Waals surface area contributed by atoms with Crippen molar-refractivity contribution in [3.8, 4) is 0 Å². The molecule has 0 radical (unpaired) electrons. The van der Waals surface area contributed by atoms with E-state index in [2.05, 4.69) is 35.8 Å². The zero-order valence-electron chi connectivity index (χ0n) is 12.2. The highest BCUT2D eigenvalue weighted by Crippen LogP contribution is 2.35. The summed E-state index contributed by atoms with van der Waals surface area (Å²) in [5, 5.41) is 0. The molecule has 1 fully saturated rings. The van der Waals surface area contributed by atoms with E-state index < -0.39 is 5.54 Å². The number of halogens is 1. The van der Waals surface area contributed by atoms with Crippen molar-refractivity contribution in [2.75, 3.05) is 6.54 Å². The number of benzene rings is 1. The van der Waals surface area contributed by atoms with Crippen molar-refractivity contribution in [2.45, 2.75) is 51.1 Å². The molecule has 0 saturated heterocycles. The van der Waals surface area contributed by atoms with Gasteiger partial charge in [0.05, 0.1) is 11.6 Å². The Morgan fingerprint density at radius 1 is 1.45 bits per heavy atom. The van der Waals surface area contributed by atoms with E-state index in [4.69, 9.17) is 5.73 Å². The molecule has 1 amide bonds. The SMILES string of the molecule is CCCN(C(=O)C1(N)CCC1)C(C)c1ccccc1Br. The predicted molar refractivity (Wildman–Crippen MR) is 85.3 cm³/mol. The summed E-state index contributed by atoms with van der Waals surface area (Å²) in [6, 6.07) is 8.12. The fraction of sp³-hybridized carbons (Fsp3) is 0.562. The van der Waals surface area contributed by atoms with Crippen LogP contribution >= 0.6 is 15.9 Å². The summed E-state index contributed by atoms with van der Waals surface area (Å²) in [4.78, 5) is 14.7.